The molecule has 1 rings (SSSR count). The second-order valence-electron chi connectivity index (χ2n) is 3.65. The zero-order valence-corrected chi connectivity index (χ0v) is 8.53. The molecule has 0 fully saturated rings. The lowest BCUT2D eigenvalue weighted by atomic mass is 9.97. The van der Waals surface area contributed by atoms with E-state index in [2.05, 4.69) is 25.6 Å². The molecule has 1 nitrogen and oxygen atoms in total. The van der Waals surface area contributed by atoms with Crippen molar-refractivity contribution in [2.45, 2.75) is 19.8 Å². The van der Waals surface area contributed by atoms with Crippen LogP contribution in [0.4, 0.5) is 0 Å². The summed E-state index contributed by atoms with van der Waals surface area (Å²) in [6.07, 6.45) is 3.98. The minimum Gasteiger partial charge on any atom is -0.192 e. The topological polar surface area (TPSA) is 23.8 Å². The maximum absolute atomic E-state index is 8.73. The summed E-state index contributed by atoms with van der Waals surface area (Å²) in [4.78, 5) is 0. The molecular formula is C13H15N. The van der Waals surface area contributed by atoms with Crippen LogP contribution in [0.3, 0.4) is 0 Å². The molecular weight excluding hydrogens is 170 g/mol. The number of benzene rings is 1. The minimum atomic E-state index is 0.599. The molecule has 0 heterocycles. The fraction of sp³-hybridized carbons (Fsp3) is 0.308. The van der Waals surface area contributed by atoms with Gasteiger partial charge in [-0.3, -0.25) is 0 Å². The van der Waals surface area contributed by atoms with Crippen molar-refractivity contribution in [1.82, 2.24) is 0 Å². The van der Waals surface area contributed by atoms with E-state index >= 15 is 0 Å². The first-order valence-electron chi connectivity index (χ1n) is 4.86. The molecule has 1 heteroatoms. The van der Waals surface area contributed by atoms with Crippen LogP contribution < -0.4 is 0 Å². The van der Waals surface area contributed by atoms with Crippen LogP contribution in [0.2, 0.25) is 0 Å². The SMILES string of the molecule is C=CCC(C)Cc1cccc(C#N)c1. The lowest BCUT2D eigenvalue weighted by Crippen LogP contribution is -1.98. The van der Waals surface area contributed by atoms with Gasteiger partial charge in [0, 0.05) is 0 Å². The number of nitrogens with zero attached hydrogens (tertiary/aromatic N) is 1. The third-order valence-corrected chi connectivity index (χ3v) is 2.21. The number of hydrogen-bond acceptors (Lipinski definition) is 1. The van der Waals surface area contributed by atoms with Gasteiger partial charge < -0.3 is 0 Å². The Morgan fingerprint density at radius 2 is 2.36 bits per heavy atom. The van der Waals surface area contributed by atoms with Gasteiger partial charge in [0.25, 0.3) is 0 Å². The second kappa shape index (κ2) is 5.24. The van der Waals surface area contributed by atoms with Crippen molar-refractivity contribution in [1.29, 1.82) is 5.26 Å². The maximum Gasteiger partial charge on any atom is 0.0991 e. The quantitative estimate of drug-likeness (QED) is 0.660. The summed E-state index contributed by atoms with van der Waals surface area (Å²) in [6.45, 7) is 5.92. The summed E-state index contributed by atoms with van der Waals surface area (Å²) in [5.74, 6) is 0.599. The largest absolute Gasteiger partial charge is 0.192 e. The molecule has 0 aliphatic rings. The van der Waals surface area contributed by atoms with E-state index in [4.69, 9.17) is 5.26 Å². The van der Waals surface area contributed by atoms with Crippen LogP contribution >= 0.6 is 0 Å². The predicted octanol–water partition coefficient (Wildman–Crippen LogP) is 3.31. The number of nitriles is 1. The van der Waals surface area contributed by atoms with Crippen molar-refractivity contribution in [3.05, 3.63) is 48.0 Å². The third-order valence-electron chi connectivity index (χ3n) is 2.21. The molecule has 0 N–H and O–H groups in total. The van der Waals surface area contributed by atoms with Gasteiger partial charge in [-0.2, -0.15) is 5.26 Å². The molecule has 1 unspecified atom stereocenters. The first kappa shape index (κ1) is 10.5. The van der Waals surface area contributed by atoms with E-state index in [9.17, 15) is 0 Å². The third kappa shape index (κ3) is 3.06. The van der Waals surface area contributed by atoms with Gasteiger partial charge in [0.15, 0.2) is 0 Å². The monoisotopic (exact) mass is 185 g/mol. The lowest BCUT2D eigenvalue weighted by molar-refractivity contribution is 0.590. The Balaban J connectivity index is 2.67. The predicted molar refractivity (Wildman–Crippen MR) is 58.8 cm³/mol. The van der Waals surface area contributed by atoms with E-state index in [1.165, 1.54) is 5.56 Å². The molecule has 0 saturated carbocycles. The van der Waals surface area contributed by atoms with Crippen molar-refractivity contribution in [3.8, 4) is 6.07 Å². The number of allylic oxidation sites excluding steroid dienone is 1. The van der Waals surface area contributed by atoms with Crippen LogP contribution in [0.1, 0.15) is 24.5 Å². The van der Waals surface area contributed by atoms with E-state index in [0.717, 1.165) is 18.4 Å². The molecule has 0 aliphatic heterocycles. The Labute approximate surface area is 85.7 Å². The summed E-state index contributed by atoms with van der Waals surface area (Å²) in [5, 5.41) is 8.73. The summed E-state index contributed by atoms with van der Waals surface area (Å²) in [6, 6.07) is 9.95. The fourth-order valence-corrected chi connectivity index (χ4v) is 1.54. The molecule has 0 spiro atoms. The average Bonchev–Trinajstić information content (AvgIpc) is 2.18. The normalized spacial score (nSPS) is 11.7. The summed E-state index contributed by atoms with van der Waals surface area (Å²) in [7, 11) is 0. The number of hydrogen-bond donors (Lipinski definition) is 0. The zero-order valence-electron chi connectivity index (χ0n) is 8.53. The Hall–Kier alpha value is -1.55. The van der Waals surface area contributed by atoms with Crippen LogP contribution in [0, 0.1) is 17.2 Å². The van der Waals surface area contributed by atoms with Gasteiger partial charge in [-0.15, -0.1) is 6.58 Å². The van der Waals surface area contributed by atoms with Crippen LogP contribution in [-0.4, -0.2) is 0 Å². The van der Waals surface area contributed by atoms with Gasteiger partial charge in [-0.1, -0.05) is 25.1 Å². The molecule has 0 aliphatic carbocycles. The Morgan fingerprint density at radius 1 is 1.57 bits per heavy atom. The van der Waals surface area contributed by atoms with E-state index in [-0.39, 0.29) is 0 Å². The minimum absolute atomic E-state index is 0.599. The highest BCUT2D eigenvalue weighted by Crippen LogP contribution is 2.13. The molecule has 14 heavy (non-hydrogen) atoms. The maximum atomic E-state index is 8.73. The van der Waals surface area contributed by atoms with Gasteiger partial charge in [-0.05, 0) is 36.5 Å². The van der Waals surface area contributed by atoms with Gasteiger partial charge in [-0.25, -0.2) is 0 Å². The molecule has 0 radical (unpaired) electrons. The van der Waals surface area contributed by atoms with Crippen molar-refractivity contribution in [2.24, 2.45) is 5.92 Å². The molecule has 1 atom stereocenters. The van der Waals surface area contributed by atoms with Crippen molar-refractivity contribution >= 4 is 0 Å². The van der Waals surface area contributed by atoms with Crippen LogP contribution in [0.5, 0.6) is 0 Å². The highest BCUT2D eigenvalue weighted by atomic mass is 14.2. The average molecular weight is 185 g/mol. The van der Waals surface area contributed by atoms with Gasteiger partial charge in [0.1, 0.15) is 0 Å². The van der Waals surface area contributed by atoms with E-state index < -0.39 is 0 Å². The zero-order chi connectivity index (χ0) is 10.4. The first-order valence-corrected chi connectivity index (χ1v) is 4.86. The van der Waals surface area contributed by atoms with Crippen molar-refractivity contribution in [2.75, 3.05) is 0 Å². The van der Waals surface area contributed by atoms with Crippen molar-refractivity contribution < 1.29 is 0 Å². The van der Waals surface area contributed by atoms with E-state index in [0.29, 0.717) is 5.92 Å². The molecule has 0 aromatic heterocycles. The first-order chi connectivity index (χ1) is 6.76. The van der Waals surface area contributed by atoms with Crippen LogP contribution in [0.25, 0.3) is 0 Å². The Bertz CT molecular complexity index is 346. The van der Waals surface area contributed by atoms with Crippen molar-refractivity contribution in [3.63, 3.8) is 0 Å². The molecule has 0 amide bonds. The summed E-state index contributed by atoms with van der Waals surface area (Å²) >= 11 is 0. The highest BCUT2D eigenvalue weighted by molar-refractivity contribution is 5.32. The fourth-order valence-electron chi connectivity index (χ4n) is 1.54. The lowest BCUT2D eigenvalue weighted by Gasteiger charge is -2.08. The summed E-state index contributed by atoms with van der Waals surface area (Å²) < 4.78 is 0. The standard InChI is InChI=1S/C13H15N/c1-3-5-11(2)8-12-6-4-7-13(9-12)10-14/h3-4,6-7,9,11H,1,5,8H2,2H3. The second-order valence-corrected chi connectivity index (χ2v) is 3.65. The highest BCUT2D eigenvalue weighted by Gasteiger charge is 2.02. The Morgan fingerprint density at radius 3 is 3.00 bits per heavy atom. The van der Waals surface area contributed by atoms with Crippen LogP contribution in [-0.2, 0) is 6.42 Å². The van der Waals surface area contributed by atoms with Gasteiger partial charge in [0.05, 0.1) is 11.6 Å². The molecule has 0 bridgehead atoms. The van der Waals surface area contributed by atoms with Gasteiger partial charge >= 0.3 is 0 Å². The molecule has 72 valence electrons. The Kier molecular flexibility index (Phi) is 3.94. The van der Waals surface area contributed by atoms with E-state index in [1.54, 1.807) is 0 Å². The molecule has 1 aromatic rings. The summed E-state index contributed by atoms with van der Waals surface area (Å²) in [5.41, 5.74) is 1.98. The van der Waals surface area contributed by atoms with Crippen LogP contribution in [0.15, 0.2) is 36.9 Å². The smallest absolute Gasteiger partial charge is 0.0991 e. The van der Waals surface area contributed by atoms with E-state index in [1.807, 2.05) is 24.3 Å². The molecule has 1 aromatic carbocycles. The number of rotatable bonds is 4. The van der Waals surface area contributed by atoms with Gasteiger partial charge in [0.2, 0.25) is 0 Å². The molecule has 0 saturated heterocycles.